The summed E-state index contributed by atoms with van der Waals surface area (Å²) in [6, 6.07) is 36.2. The van der Waals surface area contributed by atoms with Crippen molar-refractivity contribution in [3.63, 3.8) is 0 Å². The van der Waals surface area contributed by atoms with Crippen molar-refractivity contribution in [1.29, 1.82) is 0 Å². The lowest BCUT2D eigenvalue weighted by Crippen LogP contribution is -2.69. The van der Waals surface area contributed by atoms with Crippen molar-refractivity contribution in [2.75, 3.05) is 26.9 Å². The summed E-state index contributed by atoms with van der Waals surface area (Å²) in [5, 5.41) is 18.7. The van der Waals surface area contributed by atoms with Crippen LogP contribution in [0.3, 0.4) is 0 Å². The average Bonchev–Trinajstić information content (AvgIpc) is 3.42. The molecular formula is C55H68N2O15. The van der Waals surface area contributed by atoms with Crippen molar-refractivity contribution in [3.05, 3.63) is 144 Å². The van der Waals surface area contributed by atoms with E-state index in [1.54, 1.807) is 6.92 Å². The summed E-state index contributed by atoms with van der Waals surface area (Å²) in [5.41, 5.74) is 3.28. The Hall–Kier alpha value is -5.15. The van der Waals surface area contributed by atoms with Gasteiger partial charge in [0.2, 0.25) is 11.8 Å². The fourth-order valence-corrected chi connectivity index (χ4v) is 9.28. The Kier molecular flexibility index (Phi) is 19.7. The second kappa shape index (κ2) is 26.7. The zero-order valence-corrected chi connectivity index (χ0v) is 41.1. The first-order valence-electron chi connectivity index (χ1n) is 25.0. The largest absolute Gasteiger partial charge is 0.469 e. The molecule has 0 saturated carbocycles. The van der Waals surface area contributed by atoms with E-state index in [1.807, 2.05) is 128 Å². The number of unbranched alkanes of at least 4 members (excludes halogenated alkanes) is 2. The average molecular weight is 997 g/mol. The molecule has 0 radical (unpaired) electrons. The molecule has 17 heteroatoms. The van der Waals surface area contributed by atoms with Crippen molar-refractivity contribution < 1.29 is 71.6 Å². The third-order valence-electron chi connectivity index (χ3n) is 13.2. The topological polar surface area (TPSA) is 197 Å². The Labute approximate surface area is 421 Å². The van der Waals surface area contributed by atoms with Gasteiger partial charge in [-0.05, 0) is 37.8 Å². The Balaban J connectivity index is 1.05. The van der Waals surface area contributed by atoms with Crippen molar-refractivity contribution in [2.45, 2.75) is 152 Å². The summed E-state index contributed by atoms with van der Waals surface area (Å²) in [7, 11) is 1.36. The van der Waals surface area contributed by atoms with E-state index < -0.39 is 97.9 Å². The van der Waals surface area contributed by atoms with E-state index in [0.29, 0.717) is 45.3 Å². The van der Waals surface area contributed by atoms with Crippen LogP contribution in [0, 0.1) is 0 Å². The van der Waals surface area contributed by atoms with Crippen LogP contribution in [0.4, 0.5) is 0 Å². The molecule has 0 aliphatic carbocycles. The molecule has 4 saturated heterocycles. The van der Waals surface area contributed by atoms with E-state index in [-0.39, 0.29) is 32.2 Å². The predicted molar refractivity (Wildman–Crippen MR) is 259 cm³/mol. The summed E-state index contributed by atoms with van der Waals surface area (Å²) < 4.78 is 68.9. The second-order valence-corrected chi connectivity index (χ2v) is 18.4. The minimum absolute atomic E-state index is 0.0975. The van der Waals surface area contributed by atoms with E-state index >= 15 is 0 Å². The number of aliphatic hydroxyl groups is 1. The Morgan fingerprint density at radius 2 is 1.04 bits per heavy atom. The van der Waals surface area contributed by atoms with Crippen LogP contribution in [-0.2, 0) is 79.7 Å². The quantitative estimate of drug-likeness (QED) is 0.0637. The maximum absolute atomic E-state index is 14.3. The SMILES string of the molecule is COC(=O)CCCCCO[C@H]1O[C@H](C)[C@@H](NC(=O)[C@H]2CCO[C@@H](c3ccccc3)O2)[C@H](OCc2ccccc2)[C@@H]1O[C@H]1O[C@H](C)[C@@H](NC(=O)[C@H]2CCO[C@@H](c3ccccc3)O2)[C@H](OCc2ccccc2)[C@@H]1O. The molecule has 4 aromatic carbocycles. The second-order valence-electron chi connectivity index (χ2n) is 18.4. The van der Waals surface area contributed by atoms with Crippen LogP contribution in [0.15, 0.2) is 121 Å². The number of aliphatic hydroxyl groups excluding tert-OH is 1. The normalized spacial score (nSPS) is 30.7. The first-order valence-corrected chi connectivity index (χ1v) is 25.0. The molecule has 4 heterocycles. The number of carbonyl (C=O) groups excluding carboxylic acids is 3. The predicted octanol–water partition coefficient (Wildman–Crippen LogP) is 6.12. The van der Waals surface area contributed by atoms with Crippen LogP contribution in [0.5, 0.6) is 0 Å². The number of ether oxygens (including phenoxy) is 11. The standard InChI is InChI=1S/C55H68N2O15/c1-35-44(56-50(60)41-28-31-64-52(70-41)39-23-13-6-14-24-39)47(66-33-37-19-9-4-10-20-37)46(59)54(68-35)72-49-48(67-34-38-21-11-5-12-22-38)45(36(2)69-55(49)63-30-18-8-17-27-43(58)62-3)57-51(61)42-29-32-65-53(71-42)40-25-15-7-16-26-40/h4-7,9-16,19-26,35-36,41-42,44-49,52-55,59H,8,17-18,27-34H2,1-3H3,(H,56,60)(H,57,61)/t35-,36-,41-,42-,44-,45-,46+,47+,48+,49+,52-,53-,54-,55+/m1/s1. The monoisotopic (exact) mass is 996 g/mol. The zero-order valence-electron chi connectivity index (χ0n) is 41.1. The van der Waals surface area contributed by atoms with Gasteiger partial charge in [-0.15, -0.1) is 0 Å². The first kappa shape index (κ1) is 53.2. The van der Waals surface area contributed by atoms with Crippen molar-refractivity contribution in [2.24, 2.45) is 0 Å². The number of rotatable bonds is 21. The molecule has 4 fully saturated rings. The molecule has 0 unspecified atom stereocenters. The van der Waals surface area contributed by atoms with E-state index in [9.17, 15) is 19.5 Å². The van der Waals surface area contributed by atoms with Gasteiger partial charge < -0.3 is 67.8 Å². The first-order chi connectivity index (χ1) is 35.1. The third-order valence-corrected chi connectivity index (χ3v) is 13.2. The van der Waals surface area contributed by atoms with Crippen LogP contribution in [0.1, 0.15) is 87.2 Å². The zero-order chi connectivity index (χ0) is 50.2. The molecule has 3 N–H and O–H groups in total. The highest BCUT2D eigenvalue weighted by Crippen LogP contribution is 2.35. The fraction of sp³-hybridized carbons (Fsp3) is 0.509. The highest BCUT2D eigenvalue weighted by molar-refractivity contribution is 5.82. The molecular weight excluding hydrogens is 929 g/mol. The number of carbonyl (C=O) groups is 3. The van der Waals surface area contributed by atoms with Gasteiger partial charge in [0.1, 0.15) is 36.6 Å². The summed E-state index contributed by atoms with van der Waals surface area (Å²) >= 11 is 0. The number of hydrogen-bond donors (Lipinski definition) is 3. The lowest BCUT2D eigenvalue weighted by atomic mass is 9.94. The highest BCUT2D eigenvalue weighted by atomic mass is 16.8. The molecule has 72 heavy (non-hydrogen) atoms. The fourth-order valence-electron chi connectivity index (χ4n) is 9.28. The van der Waals surface area contributed by atoms with Crippen LogP contribution in [-0.4, -0.2) is 123 Å². The number of esters is 1. The van der Waals surface area contributed by atoms with Crippen molar-refractivity contribution in [1.82, 2.24) is 10.6 Å². The molecule has 2 amide bonds. The molecule has 4 aliphatic heterocycles. The summed E-state index contributed by atoms with van der Waals surface area (Å²) in [6.45, 7) is 4.63. The number of hydrogen-bond acceptors (Lipinski definition) is 15. The van der Waals surface area contributed by atoms with Gasteiger partial charge in [-0.1, -0.05) is 128 Å². The van der Waals surface area contributed by atoms with E-state index in [1.165, 1.54) is 7.11 Å². The Morgan fingerprint density at radius 3 is 1.56 bits per heavy atom. The van der Waals surface area contributed by atoms with Gasteiger partial charge in [0.25, 0.3) is 0 Å². The highest BCUT2D eigenvalue weighted by Gasteiger charge is 2.53. The van der Waals surface area contributed by atoms with Crippen LogP contribution in [0.25, 0.3) is 0 Å². The third kappa shape index (κ3) is 14.3. The molecule has 4 aliphatic rings. The number of amides is 2. The molecule has 14 atom stereocenters. The molecule has 0 spiro atoms. The molecule has 17 nitrogen and oxygen atoms in total. The molecule has 8 rings (SSSR count). The smallest absolute Gasteiger partial charge is 0.305 e. The molecule has 388 valence electrons. The van der Waals surface area contributed by atoms with Crippen molar-refractivity contribution in [3.8, 4) is 0 Å². The van der Waals surface area contributed by atoms with Gasteiger partial charge in [0, 0.05) is 37.0 Å². The summed E-state index contributed by atoms with van der Waals surface area (Å²) in [5.74, 6) is -1.09. The van der Waals surface area contributed by atoms with Crippen LogP contribution in [0.2, 0.25) is 0 Å². The van der Waals surface area contributed by atoms with E-state index in [0.717, 1.165) is 22.3 Å². The van der Waals surface area contributed by atoms with E-state index in [2.05, 4.69) is 10.6 Å². The van der Waals surface area contributed by atoms with Gasteiger partial charge in [-0.25, -0.2) is 0 Å². The Morgan fingerprint density at radius 1 is 0.569 bits per heavy atom. The number of benzene rings is 4. The Bertz CT molecular complexity index is 2260. The lowest BCUT2D eigenvalue weighted by Gasteiger charge is -2.49. The van der Waals surface area contributed by atoms with Gasteiger partial charge >= 0.3 is 5.97 Å². The van der Waals surface area contributed by atoms with Crippen LogP contribution >= 0.6 is 0 Å². The minimum Gasteiger partial charge on any atom is -0.469 e. The molecule has 0 aromatic heterocycles. The maximum atomic E-state index is 14.3. The lowest BCUT2D eigenvalue weighted by molar-refractivity contribution is -0.352. The minimum atomic E-state index is -1.49. The summed E-state index contributed by atoms with van der Waals surface area (Å²) in [4.78, 5) is 40.3. The molecule has 0 bridgehead atoms. The maximum Gasteiger partial charge on any atom is 0.305 e. The molecule has 4 aromatic rings. The van der Waals surface area contributed by atoms with Gasteiger partial charge in [0.15, 0.2) is 25.2 Å². The van der Waals surface area contributed by atoms with Gasteiger partial charge in [-0.2, -0.15) is 0 Å². The summed E-state index contributed by atoms with van der Waals surface area (Å²) in [6.07, 6.45) is -9.03. The van der Waals surface area contributed by atoms with E-state index in [4.69, 9.17) is 52.1 Å². The van der Waals surface area contributed by atoms with Crippen molar-refractivity contribution >= 4 is 17.8 Å². The van der Waals surface area contributed by atoms with Crippen LogP contribution < -0.4 is 10.6 Å². The number of nitrogens with one attached hydrogen (secondary N) is 2. The van der Waals surface area contributed by atoms with Gasteiger partial charge in [-0.3, -0.25) is 14.4 Å². The number of methoxy groups -OCH3 is 1. The van der Waals surface area contributed by atoms with Gasteiger partial charge in [0.05, 0.1) is 57.8 Å².